The van der Waals surface area contributed by atoms with Gasteiger partial charge >= 0.3 is 0 Å². The highest BCUT2D eigenvalue weighted by Gasteiger charge is 2.16. The summed E-state index contributed by atoms with van der Waals surface area (Å²) in [6, 6.07) is 6.11. The van der Waals surface area contributed by atoms with E-state index in [-0.39, 0.29) is 11.4 Å². The normalized spacial score (nSPS) is 11.5. The van der Waals surface area contributed by atoms with Crippen LogP contribution in [0, 0.1) is 6.92 Å². The molecule has 3 N–H and O–H groups in total. The van der Waals surface area contributed by atoms with Gasteiger partial charge in [0, 0.05) is 11.1 Å². The molecule has 0 bridgehead atoms. The standard InChI is InChI=1S/C11H12ClN3O3S/c1-7-4-9(14-18-7)6-19(16,17)15-11-5-8(12)2-3-10(11)13/h2-5,15H,6,13H2,1H3. The number of anilines is 2. The van der Waals surface area contributed by atoms with E-state index in [1.807, 2.05) is 0 Å². The number of benzene rings is 1. The van der Waals surface area contributed by atoms with Gasteiger partial charge in [0.2, 0.25) is 10.0 Å². The first kappa shape index (κ1) is 13.7. The minimum atomic E-state index is -3.62. The molecular weight excluding hydrogens is 290 g/mol. The third-order valence-corrected chi connectivity index (χ3v) is 3.74. The van der Waals surface area contributed by atoms with Gasteiger partial charge in [-0.15, -0.1) is 0 Å². The molecule has 0 amide bonds. The number of nitrogens with two attached hydrogens (primary N) is 1. The van der Waals surface area contributed by atoms with E-state index in [2.05, 4.69) is 9.88 Å². The van der Waals surface area contributed by atoms with Crippen LogP contribution < -0.4 is 10.5 Å². The Kier molecular flexibility index (Phi) is 3.68. The molecule has 1 heterocycles. The van der Waals surface area contributed by atoms with Crippen LogP contribution in [0.15, 0.2) is 28.8 Å². The van der Waals surface area contributed by atoms with Gasteiger partial charge in [-0.1, -0.05) is 16.8 Å². The molecule has 8 heteroatoms. The quantitative estimate of drug-likeness (QED) is 0.843. The molecule has 6 nitrogen and oxygen atoms in total. The summed E-state index contributed by atoms with van der Waals surface area (Å²) >= 11 is 5.79. The Morgan fingerprint density at radius 3 is 2.79 bits per heavy atom. The van der Waals surface area contributed by atoms with Gasteiger partial charge in [-0.05, 0) is 25.1 Å². The summed E-state index contributed by atoms with van der Waals surface area (Å²) in [4.78, 5) is 0. The average molecular weight is 302 g/mol. The van der Waals surface area contributed by atoms with E-state index in [0.29, 0.717) is 22.2 Å². The molecule has 19 heavy (non-hydrogen) atoms. The van der Waals surface area contributed by atoms with Crippen molar-refractivity contribution in [3.8, 4) is 0 Å². The summed E-state index contributed by atoms with van der Waals surface area (Å²) in [5, 5.41) is 4.02. The summed E-state index contributed by atoms with van der Waals surface area (Å²) in [6.07, 6.45) is 0. The molecule has 0 spiro atoms. The number of nitrogen functional groups attached to an aromatic ring is 1. The van der Waals surface area contributed by atoms with Gasteiger partial charge in [-0.25, -0.2) is 8.42 Å². The number of aryl methyl sites for hydroxylation is 1. The Morgan fingerprint density at radius 1 is 1.42 bits per heavy atom. The van der Waals surface area contributed by atoms with Gasteiger partial charge in [0.05, 0.1) is 11.4 Å². The third-order valence-electron chi connectivity index (χ3n) is 2.30. The highest BCUT2D eigenvalue weighted by molar-refractivity contribution is 7.91. The van der Waals surface area contributed by atoms with Crippen molar-refractivity contribution in [1.82, 2.24) is 5.16 Å². The zero-order chi connectivity index (χ0) is 14.0. The second-order valence-electron chi connectivity index (χ2n) is 4.02. The molecule has 0 aliphatic rings. The Balaban J connectivity index is 2.19. The van der Waals surface area contributed by atoms with Crippen LogP contribution in [0.3, 0.4) is 0 Å². The van der Waals surface area contributed by atoms with Crippen LogP contribution in [-0.2, 0) is 15.8 Å². The van der Waals surface area contributed by atoms with E-state index < -0.39 is 10.0 Å². The monoisotopic (exact) mass is 301 g/mol. The Hall–Kier alpha value is -1.73. The zero-order valence-corrected chi connectivity index (χ0v) is 11.6. The predicted molar refractivity (Wildman–Crippen MR) is 73.4 cm³/mol. The van der Waals surface area contributed by atoms with Gasteiger partial charge in [-0.3, -0.25) is 4.72 Å². The lowest BCUT2D eigenvalue weighted by Crippen LogP contribution is -2.16. The van der Waals surface area contributed by atoms with Crippen molar-refractivity contribution in [2.45, 2.75) is 12.7 Å². The minimum absolute atomic E-state index is 0.243. The Morgan fingerprint density at radius 2 is 2.16 bits per heavy atom. The molecule has 0 saturated heterocycles. The molecule has 1 aromatic carbocycles. The SMILES string of the molecule is Cc1cc(CS(=O)(=O)Nc2cc(Cl)ccc2N)no1. The first-order valence-electron chi connectivity index (χ1n) is 5.33. The Labute approximate surface area is 115 Å². The summed E-state index contributed by atoms with van der Waals surface area (Å²) in [5.41, 5.74) is 6.54. The number of rotatable bonds is 4. The molecule has 0 radical (unpaired) electrons. The maximum absolute atomic E-state index is 12.0. The number of aromatic nitrogens is 1. The van der Waals surface area contributed by atoms with Gasteiger partial charge in [0.25, 0.3) is 0 Å². The van der Waals surface area contributed by atoms with Gasteiger partial charge < -0.3 is 10.3 Å². The first-order chi connectivity index (χ1) is 8.85. The summed E-state index contributed by atoms with van der Waals surface area (Å²) in [7, 11) is -3.62. The van der Waals surface area contributed by atoms with Crippen LogP contribution in [0.1, 0.15) is 11.5 Å². The molecule has 2 aromatic rings. The fourth-order valence-electron chi connectivity index (χ4n) is 1.50. The van der Waals surface area contributed by atoms with Crippen LogP contribution in [0.25, 0.3) is 0 Å². The lowest BCUT2D eigenvalue weighted by atomic mass is 10.3. The van der Waals surface area contributed by atoms with Crippen molar-refractivity contribution >= 4 is 33.0 Å². The number of nitrogens with zero attached hydrogens (tertiary/aromatic N) is 1. The van der Waals surface area contributed by atoms with E-state index in [0.717, 1.165) is 0 Å². The fourth-order valence-corrected chi connectivity index (χ4v) is 2.78. The Bertz CT molecular complexity index is 697. The largest absolute Gasteiger partial charge is 0.397 e. The first-order valence-corrected chi connectivity index (χ1v) is 7.36. The fraction of sp³-hybridized carbons (Fsp3) is 0.182. The lowest BCUT2D eigenvalue weighted by molar-refractivity contribution is 0.392. The highest BCUT2D eigenvalue weighted by atomic mass is 35.5. The lowest BCUT2D eigenvalue weighted by Gasteiger charge is -2.09. The second kappa shape index (κ2) is 5.10. The molecule has 2 rings (SSSR count). The van der Waals surface area contributed by atoms with Crippen LogP contribution >= 0.6 is 11.6 Å². The van der Waals surface area contributed by atoms with Crippen molar-refractivity contribution in [3.63, 3.8) is 0 Å². The molecule has 0 fully saturated rings. The van der Waals surface area contributed by atoms with Crippen LogP contribution in [0.2, 0.25) is 5.02 Å². The van der Waals surface area contributed by atoms with Crippen molar-refractivity contribution in [3.05, 3.63) is 40.7 Å². The van der Waals surface area contributed by atoms with Crippen LogP contribution in [-0.4, -0.2) is 13.6 Å². The molecule has 0 unspecified atom stereocenters. The average Bonchev–Trinajstić information content (AvgIpc) is 2.68. The van der Waals surface area contributed by atoms with E-state index >= 15 is 0 Å². The number of halogens is 1. The van der Waals surface area contributed by atoms with Crippen molar-refractivity contribution in [1.29, 1.82) is 0 Å². The topological polar surface area (TPSA) is 98.2 Å². The molecule has 1 aromatic heterocycles. The maximum Gasteiger partial charge on any atom is 0.238 e. The molecule has 102 valence electrons. The number of hydrogen-bond donors (Lipinski definition) is 2. The van der Waals surface area contributed by atoms with Crippen LogP contribution in [0.4, 0.5) is 11.4 Å². The molecule has 0 aliphatic heterocycles. The summed E-state index contributed by atoms with van der Waals surface area (Å²) in [5.74, 6) is 0.253. The van der Waals surface area contributed by atoms with Gasteiger partial charge in [-0.2, -0.15) is 0 Å². The maximum atomic E-state index is 12.0. The van der Waals surface area contributed by atoms with Crippen molar-refractivity contribution in [2.24, 2.45) is 0 Å². The summed E-state index contributed by atoms with van der Waals surface area (Å²) in [6.45, 7) is 1.69. The number of sulfonamides is 1. The highest BCUT2D eigenvalue weighted by Crippen LogP contribution is 2.24. The zero-order valence-electron chi connectivity index (χ0n) is 10.1. The van der Waals surface area contributed by atoms with Crippen molar-refractivity contribution in [2.75, 3.05) is 10.5 Å². The predicted octanol–water partition coefficient (Wildman–Crippen LogP) is 2.16. The minimum Gasteiger partial charge on any atom is -0.397 e. The van der Waals surface area contributed by atoms with Gasteiger partial charge in [0.15, 0.2) is 0 Å². The summed E-state index contributed by atoms with van der Waals surface area (Å²) < 4.78 is 31.1. The smallest absolute Gasteiger partial charge is 0.238 e. The van der Waals surface area contributed by atoms with E-state index in [4.69, 9.17) is 21.9 Å². The van der Waals surface area contributed by atoms with Gasteiger partial charge in [0.1, 0.15) is 17.2 Å². The molecule has 0 saturated carbocycles. The van der Waals surface area contributed by atoms with E-state index in [1.165, 1.54) is 12.1 Å². The number of nitrogens with one attached hydrogen (secondary N) is 1. The van der Waals surface area contributed by atoms with E-state index in [1.54, 1.807) is 19.1 Å². The molecular formula is C11H12ClN3O3S. The number of hydrogen-bond acceptors (Lipinski definition) is 5. The van der Waals surface area contributed by atoms with Crippen LogP contribution in [0.5, 0.6) is 0 Å². The molecule has 0 atom stereocenters. The van der Waals surface area contributed by atoms with E-state index in [9.17, 15) is 8.42 Å². The second-order valence-corrected chi connectivity index (χ2v) is 6.18. The molecule has 0 aliphatic carbocycles. The van der Waals surface area contributed by atoms with Crippen molar-refractivity contribution < 1.29 is 12.9 Å². The third kappa shape index (κ3) is 3.62.